The van der Waals surface area contributed by atoms with Gasteiger partial charge in [-0.1, -0.05) is 41.4 Å². The summed E-state index contributed by atoms with van der Waals surface area (Å²) in [6.07, 6.45) is 5.33. The highest BCUT2D eigenvalue weighted by Gasteiger charge is 2.24. The Balaban J connectivity index is 1.93. The molecular formula is C20H15Cl2F2N3O3. The summed E-state index contributed by atoms with van der Waals surface area (Å²) in [5.74, 6) is -4.20. The van der Waals surface area contributed by atoms with E-state index in [2.05, 4.69) is 10.3 Å². The van der Waals surface area contributed by atoms with Crippen LogP contribution in [0.5, 0.6) is 5.75 Å². The molecule has 1 aliphatic carbocycles. The summed E-state index contributed by atoms with van der Waals surface area (Å²) in [6.45, 7) is 0.0173. The molecule has 0 bridgehead atoms. The van der Waals surface area contributed by atoms with E-state index in [1.54, 1.807) is 18.2 Å². The molecule has 0 aliphatic heterocycles. The lowest BCUT2D eigenvalue weighted by molar-refractivity contribution is 0.0948. The van der Waals surface area contributed by atoms with Crippen molar-refractivity contribution in [3.8, 4) is 17.1 Å². The third-order valence-electron chi connectivity index (χ3n) is 4.37. The predicted molar refractivity (Wildman–Crippen MR) is 109 cm³/mol. The minimum absolute atomic E-state index is 0.0173. The van der Waals surface area contributed by atoms with Gasteiger partial charge in [0.15, 0.2) is 5.69 Å². The van der Waals surface area contributed by atoms with Gasteiger partial charge in [-0.15, -0.1) is 0 Å². The molecule has 0 saturated carbocycles. The molecule has 1 aromatic carbocycles. The van der Waals surface area contributed by atoms with Crippen molar-refractivity contribution in [2.75, 3.05) is 6.54 Å². The smallest absolute Gasteiger partial charge is 0.296 e. The van der Waals surface area contributed by atoms with Gasteiger partial charge in [0.25, 0.3) is 11.5 Å². The molecule has 1 aliphatic rings. The molecule has 0 fully saturated rings. The summed E-state index contributed by atoms with van der Waals surface area (Å²) in [4.78, 5) is 28.7. The zero-order valence-corrected chi connectivity index (χ0v) is 17.1. The van der Waals surface area contributed by atoms with Crippen LogP contribution in [-0.2, 0) is 7.05 Å². The second-order valence-corrected chi connectivity index (χ2v) is 7.21. The number of benzene rings is 1. The van der Waals surface area contributed by atoms with Crippen LogP contribution in [0.25, 0.3) is 11.4 Å². The first-order valence-corrected chi connectivity index (χ1v) is 9.40. The number of allylic oxidation sites excluding steroid dienone is 4. The number of amides is 1. The Morgan fingerprint density at radius 2 is 1.93 bits per heavy atom. The number of hydrogen-bond acceptors (Lipinski definition) is 4. The minimum Gasteiger partial charge on any atom is -0.501 e. The van der Waals surface area contributed by atoms with Gasteiger partial charge in [0.1, 0.15) is 17.5 Å². The second-order valence-electron chi connectivity index (χ2n) is 6.35. The molecule has 0 atom stereocenters. The Hall–Kier alpha value is -2.97. The normalized spacial score (nSPS) is 13.8. The lowest BCUT2D eigenvalue weighted by Gasteiger charge is -2.13. The maximum absolute atomic E-state index is 14.2. The molecule has 2 aromatic rings. The van der Waals surface area contributed by atoms with E-state index in [1.807, 2.05) is 0 Å². The number of carbonyl (C=O) groups is 1. The first-order chi connectivity index (χ1) is 14.2. The molecule has 30 heavy (non-hydrogen) atoms. The number of carbonyl (C=O) groups excluding carboxylic acids is 1. The van der Waals surface area contributed by atoms with Crippen LogP contribution < -0.4 is 10.9 Å². The second kappa shape index (κ2) is 8.81. The zero-order valence-electron chi connectivity index (χ0n) is 15.5. The van der Waals surface area contributed by atoms with E-state index < -0.39 is 45.9 Å². The number of aromatic hydroxyl groups is 1. The van der Waals surface area contributed by atoms with E-state index >= 15 is 0 Å². The fourth-order valence-electron chi connectivity index (χ4n) is 2.74. The van der Waals surface area contributed by atoms with E-state index in [4.69, 9.17) is 23.2 Å². The van der Waals surface area contributed by atoms with Crippen LogP contribution in [0.2, 0.25) is 0 Å². The van der Waals surface area contributed by atoms with Crippen LogP contribution in [0.4, 0.5) is 8.78 Å². The summed E-state index contributed by atoms with van der Waals surface area (Å²) in [7, 11) is 1.18. The summed E-state index contributed by atoms with van der Waals surface area (Å²) >= 11 is 11.9. The van der Waals surface area contributed by atoms with Crippen LogP contribution in [0, 0.1) is 11.6 Å². The van der Waals surface area contributed by atoms with E-state index in [-0.39, 0.29) is 6.54 Å². The highest BCUT2D eigenvalue weighted by Crippen LogP contribution is 2.25. The van der Waals surface area contributed by atoms with Crippen molar-refractivity contribution in [2.24, 2.45) is 7.05 Å². The van der Waals surface area contributed by atoms with E-state index in [0.717, 1.165) is 22.8 Å². The van der Waals surface area contributed by atoms with Gasteiger partial charge in [0.2, 0.25) is 5.75 Å². The molecule has 1 heterocycles. The summed E-state index contributed by atoms with van der Waals surface area (Å²) < 4.78 is 29.1. The summed E-state index contributed by atoms with van der Waals surface area (Å²) in [6, 6.07) is 3.14. The molecule has 10 heteroatoms. The van der Waals surface area contributed by atoms with Gasteiger partial charge in [0.05, 0.1) is 10.6 Å². The predicted octanol–water partition coefficient (Wildman–Crippen LogP) is 3.74. The number of aromatic nitrogens is 2. The third-order valence-corrected chi connectivity index (χ3v) is 5.18. The fourth-order valence-corrected chi connectivity index (χ4v) is 3.02. The molecule has 0 spiro atoms. The summed E-state index contributed by atoms with van der Waals surface area (Å²) in [5, 5.41) is 13.4. The Morgan fingerprint density at radius 1 is 1.27 bits per heavy atom. The van der Waals surface area contributed by atoms with Crippen LogP contribution in [0.3, 0.4) is 0 Å². The molecule has 156 valence electrons. The van der Waals surface area contributed by atoms with Crippen molar-refractivity contribution < 1.29 is 18.7 Å². The standard InChI is InChI=1S/C20H15Cl2F2N3O3/c1-27-18(15-13(23)3-2-4-14(15)24)26-16(17(28)20(27)30)19(29)25-9-10-5-7-11(21)12(22)8-6-10/h2-7,28H,8-9H2,1H3,(H,25,29). The van der Waals surface area contributed by atoms with Gasteiger partial charge in [-0.2, -0.15) is 0 Å². The molecule has 2 N–H and O–H groups in total. The molecule has 1 amide bonds. The Morgan fingerprint density at radius 3 is 2.60 bits per heavy atom. The van der Waals surface area contributed by atoms with Crippen molar-refractivity contribution >= 4 is 29.1 Å². The van der Waals surface area contributed by atoms with Gasteiger partial charge >= 0.3 is 0 Å². The monoisotopic (exact) mass is 453 g/mol. The van der Waals surface area contributed by atoms with Crippen molar-refractivity contribution in [1.82, 2.24) is 14.9 Å². The topological polar surface area (TPSA) is 84.2 Å². The first-order valence-electron chi connectivity index (χ1n) is 8.64. The molecular weight excluding hydrogens is 439 g/mol. The van der Waals surface area contributed by atoms with E-state index in [1.165, 1.54) is 7.05 Å². The first kappa shape index (κ1) is 21.7. The quantitative estimate of drug-likeness (QED) is 0.738. The molecule has 1 aromatic heterocycles. The Labute approximate surface area is 179 Å². The van der Waals surface area contributed by atoms with Crippen molar-refractivity contribution in [1.29, 1.82) is 0 Å². The van der Waals surface area contributed by atoms with Gasteiger partial charge < -0.3 is 10.4 Å². The number of hydrogen-bond donors (Lipinski definition) is 2. The number of halogens is 4. The highest BCUT2D eigenvalue weighted by molar-refractivity contribution is 6.40. The SMILES string of the molecule is Cn1c(-c2c(F)cccc2F)nc(C(=O)NCC2=CCC(Cl)=C(Cl)C=C2)c(O)c1=O. The molecule has 6 nitrogen and oxygen atoms in total. The Bertz CT molecular complexity index is 1170. The van der Waals surface area contributed by atoms with Crippen molar-refractivity contribution in [3.05, 3.63) is 79.7 Å². The largest absolute Gasteiger partial charge is 0.501 e. The highest BCUT2D eigenvalue weighted by atomic mass is 35.5. The number of nitrogens with one attached hydrogen (secondary N) is 1. The van der Waals surface area contributed by atoms with E-state index in [9.17, 15) is 23.5 Å². The maximum atomic E-state index is 14.2. The third kappa shape index (κ3) is 4.29. The van der Waals surface area contributed by atoms with Gasteiger partial charge in [0, 0.05) is 25.0 Å². The number of nitrogens with zero attached hydrogens (tertiary/aromatic N) is 2. The van der Waals surface area contributed by atoms with Crippen molar-refractivity contribution in [2.45, 2.75) is 6.42 Å². The number of rotatable bonds is 4. The van der Waals surface area contributed by atoms with Crippen molar-refractivity contribution in [3.63, 3.8) is 0 Å². The maximum Gasteiger partial charge on any atom is 0.296 e. The molecule has 0 radical (unpaired) electrons. The van der Waals surface area contributed by atoms with Gasteiger partial charge in [-0.3, -0.25) is 14.2 Å². The zero-order chi connectivity index (χ0) is 22.0. The minimum atomic E-state index is -1.02. The molecule has 0 unspecified atom stereocenters. The lowest BCUT2D eigenvalue weighted by atomic mass is 10.1. The van der Waals surface area contributed by atoms with Gasteiger partial charge in [-0.25, -0.2) is 13.8 Å². The Kier molecular flexibility index (Phi) is 6.38. The van der Waals surface area contributed by atoms with Crippen LogP contribution in [0.1, 0.15) is 16.9 Å². The van der Waals surface area contributed by atoms with E-state index in [0.29, 0.717) is 22.1 Å². The average molecular weight is 454 g/mol. The van der Waals surface area contributed by atoms with Gasteiger partial charge in [-0.05, 0) is 23.8 Å². The average Bonchev–Trinajstić information content (AvgIpc) is 2.87. The van der Waals surface area contributed by atoms with Crippen LogP contribution >= 0.6 is 23.2 Å². The van der Waals surface area contributed by atoms with Crippen LogP contribution in [-0.4, -0.2) is 27.1 Å². The van der Waals surface area contributed by atoms with Crippen LogP contribution in [0.15, 0.2) is 56.9 Å². The molecule has 0 saturated heterocycles. The molecule has 3 rings (SSSR count). The lowest BCUT2D eigenvalue weighted by Crippen LogP contribution is -2.30. The fraction of sp³-hybridized carbons (Fsp3) is 0.150. The summed E-state index contributed by atoms with van der Waals surface area (Å²) in [5.41, 5.74) is -1.59.